The van der Waals surface area contributed by atoms with Crippen molar-refractivity contribution in [3.05, 3.63) is 46.2 Å². The van der Waals surface area contributed by atoms with Crippen LogP contribution in [0.5, 0.6) is 0 Å². The number of hydrogen-bond acceptors (Lipinski definition) is 3. The third kappa shape index (κ3) is 2.63. The standard InChI is InChI=1S/C14H12F3N3O/c1-8-7-20(8)12-4-2-9(6-10(12)14(15,16)17)11-3-5-13(21)19-18-11/h2-6,8H,7H2,1H3,(H,19,21). The third-order valence-corrected chi connectivity index (χ3v) is 3.45. The number of H-pyrrole nitrogens is 1. The quantitative estimate of drug-likeness (QED) is 0.867. The van der Waals surface area contributed by atoms with E-state index in [0.717, 1.165) is 6.07 Å². The molecule has 1 unspecified atom stereocenters. The van der Waals surface area contributed by atoms with E-state index in [9.17, 15) is 18.0 Å². The summed E-state index contributed by atoms with van der Waals surface area (Å²) in [5.74, 6) is 0. The second kappa shape index (κ2) is 4.61. The summed E-state index contributed by atoms with van der Waals surface area (Å²) in [5.41, 5.74) is -0.285. The van der Waals surface area contributed by atoms with Crippen molar-refractivity contribution in [3.8, 4) is 11.3 Å². The number of aromatic amines is 1. The van der Waals surface area contributed by atoms with Gasteiger partial charge in [0.05, 0.1) is 11.3 Å². The van der Waals surface area contributed by atoms with Crippen LogP contribution >= 0.6 is 0 Å². The predicted molar refractivity (Wildman–Crippen MR) is 72.1 cm³/mol. The molecule has 110 valence electrons. The first kappa shape index (κ1) is 13.7. The van der Waals surface area contributed by atoms with Gasteiger partial charge in [0, 0.05) is 29.9 Å². The maximum atomic E-state index is 13.2. The lowest BCUT2D eigenvalue weighted by Gasteiger charge is -2.15. The zero-order valence-corrected chi connectivity index (χ0v) is 11.1. The van der Waals surface area contributed by atoms with E-state index in [1.807, 2.05) is 6.92 Å². The molecule has 2 aromatic rings. The average Bonchev–Trinajstić information content (AvgIpc) is 3.15. The van der Waals surface area contributed by atoms with Crippen LogP contribution in [0.3, 0.4) is 0 Å². The molecule has 1 aromatic carbocycles. The van der Waals surface area contributed by atoms with Crippen LogP contribution < -0.4 is 10.5 Å². The zero-order chi connectivity index (χ0) is 15.2. The summed E-state index contributed by atoms with van der Waals surface area (Å²) in [5, 5.41) is 5.97. The minimum Gasteiger partial charge on any atom is -0.365 e. The summed E-state index contributed by atoms with van der Waals surface area (Å²) in [6, 6.07) is 6.86. The normalized spacial score (nSPS) is 17.9. The van der Waals surface area contributed by atoms with Crippen molar-refractivity contribution < 1.29 is 13.2 Å². The van der Waals surface area contributed by atoms with E-state index in [1.165, 1.54) is 18.2 Å². The number of nitrogens with zero attached hydrogens (tertiary/aromatic N) is 2. The van der Waals surface area contributed by atoms with Crippen LogP contribution in [0.2, 0.25) is 0 Å². The van der Waals surface area contributed by atoms with Gasteiger partial charge in [-0.15, -0.1) is 0 Å². The van der Waals surface area contributed by atoms with Crippen molar-refractivity contribution in [2.24, 2.45) is 0 Å². The first-order chi connectivity index (χ1) is 9.86. The van der Waals surface area contributed by atoms with Gasteiger partial charge in [0.25, 0.3) is 5.56 Å². The maximum absolute atomic E-state index is 13.2. The maximum Gasteiger partial charge on any atom is 0.418 e. The van der Waals surface area contributed by atoms with E-state index in [-0.39, 0.29) is 11.7 Å². The molecule has 1 aromatic heterocycles. The van der Waals surface area contributed by atoms with Crippen LogP contribution in [0.25, 0.3) is 11.3 Å². The van der Waals surface area contributed by atoms with E-state index in [0.29, 0.717) is 17.8 Å². The van der Waals surface area contributed by atoms with Gasteiger partial charge in [0.15, 0.2) is 0 Å². The van der Waals surface area contributed by atoms with Crippen LogP contribution in [0, 0.1) is 0 Å². The molecule has 1 aliphatic heterocycles. The number of nitrogens with one attached hydrogen (secondary N) is 1. The molecule has 0 aliphatic carbocycles. The lowest BCUT2D eigenvalue weighted by molar-refractivity contribution is -0.137. The molecule has 0 saturated carbocycles. The van der Waals surface area contributed by atoms with Crippen molar-refractivity contribution in [2.45, 2.75) is 19.1 Å². The first-order valence-electron chi connectivity index (χ1n) is 6.40. The second-order valence-electron chi connectivity index (χ2n) is 5.04. The van der Waals surface area contributed by atoms with Gasteiger partial charge in [0.1, 0.15) is 0 Å². The number of aromatic nitrogens is 2. The number of rotatable bonds is 2. The highest BCUT2D eigenvalue weighted by atomic mass is 19.4. The summed E-state index contributed by atoms with van der Waals surface area (Å²) in [6.45, 7) is 2.50. The fourth-order valence-electron chi connectivity index (χ4n) is 2.25. The van der Waals surface area contributed by atoms with Crippen molar-refractivity contribution in [3.63, 3.8) is 0 Å². The highest BCUT2D eigenvalue weighted by Crippen LogP contribution is 2.42. The zero-order valence-electron chi connectivity index (χ0n) is 11.1. The van der Waals surface area contributed by atoms with Crippen LogP contribution in [-0.4, -0.2) is 22.8 Å². The van der Waals surface area contributed by atoms with Crippen molar-refractivity contribution in [1.82, 2.24) is 10.2 Å². The van der Waals surface area contributed by atoms with Gasteiger partial charge >= 0.3 is 6.18 Å². The van der Waals surface area contributed by atoms with Gasteiger partial charge in [-0.1, -0.05) is 6.07 Å². The molecule has 1 N–H and O–H groups in total. The summed E-state index contributed by atoms with van der Waals surface area (Å²) in [7, 11) is 0. The Bertz CT molecular complexity index is 718. The SMILES string of the molecule is CC1CN1c1ccc(-c2ccc(=O)[nH]n2)cc1C(F)(F)F. The third-order valence-electron chi connectivity index (χ3n) is 3.45. The molecule has 0 amide bonds. The number of anilines is 1. The van der Waals surface area contributed by atoms with E-state index >= 15 is 0 Å². The van der Waals surface area contributed by atoms with Gasteiger partial charge in [-0.2, -0.15) is 18.3 Å². The van der Waals surface area contributed by atoms with Gasteiger partial charge in [-0.05, 0) is 25.1 Å². The highest BCUT2D eigenvalue weighted by Gasteiger charge is 2.40. The topological polar surface area (TPSA) is 48.8 Å². The predicted octanol–water partition coefficient (Wildman–Crippen LogP) is 2.66. The van der Waals surface area contributed by atoms with Crippen LogP contribution in [0.1, 0.15) is 12.5 Å². The minimum absolute atomic E-state index is 0.128. The Morgan fingerprint density at radius 3 is 2.52 bits per heavy atom. The summed E-state index contributed by atoms with van der Waals surface area (Å²) < 4.78 is 39.7. The second-order valence-corrected chi connectivity index (χ2v) is 5.04. The molecule has 1 atom stereocenters. The van der Waals surface area contributed by atoms with E-state index in [4.69, 9.17) is 0 Å². The molecule has 3 rings (SSSR count). The van der Waals surface area contributed by atoms with Crippen molar-refractivity contribution in [2.75, 3.05) is 11.4 Å². The van der Waals surface area contributed by atoms with Crippen molar-refractivity contribution in [1.29, 1.82) is 0 Å². The first-order valence-corrected chi connectivity index (χ1v) is 6.40. The Morgan fingerprint density at radius 2 is 2.00 bits per heavy atom. The van der Waals surface area contributed by atoms with E-state index in [1.54, 1.807) is 11.0 Å². The van der Waals surface area contributed by atoms with Crippen LogP contribution in [0.4, 0.5) is 18.9 Å². The summed E-state index contributed by atoms with van der Waals surface area (Å²) in [4.78, 5) is 12.6. The molecular formula is C14H12F3N3O. The molecule has 0 bridgehead atoms. The summed E-state index contributed by atoms with van der Waals surface area (Å²) >= 11 is 0. The lowest BCUT2D eigenvalue weighted by Crippen LogP contribution is -2.11. The molecule has 2 heterocycles. The van der Waals surface area contributed by atoms with Gasteiger partial charge < -0.3 is 4.90 Å². The van der Waals surface area contributed by atoms with Gasteiger partial charge in [-0.3, -0.25) is 4.79 Å². The number of hydrogen-bond donors (Lipinski definition) is 1. The molecule has 4 nitrogen and oxygen atoms in total. The van der Waals surface area contributed by atoms with Crippen LogP contribution in [-0.2, 0) is 6.18 Å². The Balaban J connectivity index is 2.08. The van der Waals surface area contributed by atoms with E-state index in [2.05, 4.69) is 10.2 Å². The highest BCUT2D eigenvalue weighted by molar-refractivity contribution is 5.69. The fourth-order valence-corrected chi connectivity index (χ4v) is 2.25. The van der Waals surface area contributed by atoms with Crippen LogP contribution in [0.15, 0.2) is 35.1 Å². The Hall–Kier alpha value is -2.31. The average molecular weight is 295 g/mol. The largest absolute Gasteiger partial charge is 0.418 e. The smallest absolute Gasteiger partial charge is 0.365 e. The molecule has 1 fully saturated rings. The van der Waals surface area contributed by atoms with Gasteiger partial charge in [-0.25, -0.2) is 5.10 Å². The molecule has 0 radical (unpaired) electrons. The molecular weight excluding hydrogens is 283 g/mol. The number of benzene rings is 1. The molecule has 7 heteroatoms. The minimum atomic E-state index is -4.43. The number of alkyl halides is 3. The van der Waals surface area contributed by atoms with Gasteiger partial charge in [0.2, 0.25) is 0 Å². The fraction of sp³-hybridized carbons (Fsp3) is 0.286. The monoisotopic (exact) mass is 295 g/mol. The Kier molecular flexibility index (Phi) is 3.00. The summed E-state index contributed by atoms with van der Waals surface area (Å²) in [6.07, 6.45) is -4.43. The Morgan fingerprint density at radius 1 is 1.29 bits per heavy atom. The van der Waals surface area contributed by atoms with Crippen molar-refractivity contribution >= 4 is 5.69 Å². The van der Waals surface area contributed by atoms with E-state index < -0.39 is 17.3 Å². The molecule has 1 saturated heterocycles. The Labute approximate surface area is 118 Å². The molecule has 21 heavy (non-hydrogen) atoms. The lowest BCUT2D eigenvalue weighted by atomic mass is 10.1. The molecule has 0 spiro atoms. The number of halogens is 3. The molecule has 1 aliphatic rings.